The Balaban J connectivity index is 1.92. The van der Waals surface area contributed by atoms with Gasteiger partial charge in [-0.3, -0.25) is 67.6 Å². The number of phenols is 1. The molecule has 2 aromatic rings. The molecule has 1 heterocycles. The molecule has 31 nitrogen and oxygen atoms in total. The van der Waals surface area contributed by atoms with Gasteiger partial charge in [0.15, 0.2) is 23.5 Å². The molecule has 19 N–H and O–H groups in total. The molecule has 0 bridgehead atoms. The minimum absolute atomic E-state index is 0.0158. The number of ketones is 2. The van der Waals surface area contributed by atoms with Crippen molar-refractivity contribution >= 4 is 76.7 Å². The van der Waals surface area contributed by atoms with E-state index in [9.17, 15) is 63.0 Å². The number of likely N-dealkylation sites (N-methyl/N-ethyl adjacent to an activating group) is 1. The fourth-order valence-electron chi connectivity index (χ4n) is 10.4. The van der Waals surface area contributed by atoms with Crippen LogP contribution in [0.5, 0.6) is 5.75 Å². The number of phenolic OH excluding ortho intramolecular Hbond substituents is 1. The Hall–Kier alpha value is -8.81. The maximum absolute atomic E-state index is 14.8. The minimum Gasteiger partial charge on any atom is -0.508 e. The maximum atomic E-state index is 14.8. The van der Waals surface area contributed by atoms with Gasteiger partial charge in [-0.15, -0.1) is 0 Å². The summed E-state index contributed by atoms with van der Waals surface area (Å²) in [5.74, 6) is -12.3. The second-order valence-corrected chi connectivity index (χ2v) is 23.9. The van der Waals surface area contributed by atoms with E-state index in [1.165, 1.54) is 26.1 Å². The second kappa shape index (κ2) is 42.4. The fourth-order valence-corrected chi connectivity index (χ4v) is 10.4. The molecular weight excluding hydrogens is 1220 g/mol. The summed E-state index contributed by atoms with van der Waals surface area (Å²) < 4.78 is 10.6. The molecule has 3 rings (SSSR count). The number of aliphatic imine (C=N–C) groups is 2. The Kier molecular flexibility index (Phi) is 35.8. The van der Waals surface area contributed by atoms with Crippen molar-refractivity contribution in [3.8, 4) is 5.75 Å². The highest BCUT2D eigenvalue weighted by atomic mass is 16.5. The third-order valence-corrected chi connectivity index (χ3v) is 15.7. The number of benzene rings is 2. The van der Waals surface area contributed by atoms with Crippen LogP contribution in [-0.4, -0.2) is 224 Å². The number of amides is 8. The number of methoxy groups -OCH3 is 1. The van der Waals surface area contributed by atoms with Gasteiger partial charge >= 0.3 is 5.97 Å². The van der Waals surface area contributed by atoms with Crippen LogP contribution in [0.4, 0.5) is 0 Å². The summed E-state index contributed by atoms with van der Waals surface area (Å²) in [6.07, 6.45) is -1.65. The quantitative estimate of drug-likeness (QED) is 0.0187. The lowest BCUT2D eigenvalue weighted by Crippen LogP contribution is -2.58. The summed E-state index contributed by atoms with van der Waals surface area (Å²) in [7, 11) is 2.90. The van der Waals surface area contributed by atoms with E-state index < -0.39 is 139 Å². The molecule has 2 aromatic carbocycles. The number of hydrogen-bond donors (Lipinski definition) is 13. The van der Waals surface area contributed by atoms with Gasteiger partial charge in [0.05, 0.1) is 38.3 Å². The van der Waals surface area contributed by atoms with E-state index in [1.807, 2.05) is 4.90 Å². The average Bonchev–Trinajstić information content (AvgIpc) is 1.19. The van der Waals surface area contributed by atoms with E-state index in [2.05, 4.69) is 41.5 Å². The van der Waals surface area contributed by atoms with Crippen LogP contribution in [0.3, 0.4) is 0 Å². The number of aliphatic carboxylic acids is 1. The summed E-state index contributed by atoms with van der Waals surface area (Å²) >= 11 is 0. The van der Waals surface area contributed by atoms with Crippen LogP contribution in [0.1, 0.15) is 103 Å². The third-order valence-electron chi connectivity index (χ3n) is 15.7. The molecule has 1 aliphatic heterocycles. The number of nitrogens with two attached hydrogens (primary N) is 6. The topological polar surface area (TPSA) is 497 Å². The first kappa shape index (κ1) is 79.4. The summed E-state index contributed by atoms with van der Waals surface area (Å²) in [5, 5.41) is 33.2. The predicted molar refractivity (Wildman–Crippen MR) is 349 cm³/mol. The number of carboxylic acid groups (broad SMARTS) is 1. The number of nitrogens with zero attached hydrogens (tertiary/aromatic N) is 5. The molecule has 0 aliphatic carbocycles. The van der Waals surface area contributed by atoms with Crippen molar-refractivity contribution in [2.45, 2.75) is 140 Å². The highest BCUT2D eigenvalue weighted by Gasteiger charge is 2.37. The molecule has 1 fully saturated rings. The predicted octanol–water partition coefficient (Wildman–Crippen LogP) is -2.35. The largest absolute Gasteiger partial charge is 0.508 e. The normalized spacial score (nSPS) is 15.0. The fraction of sp³-hybridized carbons (Fsp3) is 0.603. The first-order valence-electron chi connectivity index (χ1n) is 31.6. The van der Waals surface area contributed by atoms with E-state index in [4.69, 9.17) is 43.9 Å². The molecule has 0 saturated carbocycles. The number of Topliss-reactive ketones (excluding diaryl/α,β-unsaturated/α-hetero) is 2. The zero-order chi connectivity index (χ0) is 69.9. The number of aromatic hydroxyl groups is 1. The van der Waals surface area contributed by atoms with Crippen LogP contribution in [-0.2, 0) is 75.1 Å². The van der Waals surface area contributed by atoms with Gasteiger partial charge in [0.25, 0.3) is 0 Å². The SMILES string of the molecule is COCCOCCCN1CCN(CC(=O)N[C@@H](Cc2ccc(O)cc2)C(=O)C[C@@H](CCC(=O)O)C(=O)N[C@@H](CC(C)C)C(=O)C[C@@H](Cc2ccccc2)C(=O)N[C@@H](CCCN=C(N)N)C(=O)N(C)[C@@H](C)C(=O)N[C@@H](CCCN=C(N)N)C(=O)N[C@@H](CC(N)=O)C(N)=O)CC1. The van der Waals surface area contributed by atoms with E-state index >= 15 is 0 Å². The maximum Gasteiger partial charge on any atom is 0.303 e. The lowest BCUT2D eigenvalue weighted by atomic mass is 9.87. The van der Waals surface area contributed by atoms with E-state index in [1.54, 1.807) is 63.4 Å². The number of nitrogens with one attached hydrogen (secondary N) is 5. The number of carboxylic acids is 1. The summed E-state index contributed by atoms with van der Waals surface area (Å²) in [4.78, 5) is 164. The van der Waals surface area contributed by atoms with Crippen molar-refractivity contribution < 1.29 is 72.4 Å². The number of rotatable bonds is 46. The monoisotopic (exact) mass is 1320 g/mol. The first-order valence-corrected chi connectivity index (χ1v) is 31.6. The van der Waals surface area contributed by atoms with Crippen LogP contribution in [0.15, 0.2) is 64.6 Å². The van der Waals surface area contributed by atoms with Crippen molar-refractivity contribution in [3.63, 3.8) is 0 Å². The van der Waals surface area contributed by atoms with Gasteiger partial charge in [0.2, 0.25) is 47.3 Å². The zero-order valence-corrected chi connectivity index (χ0v) is 54.8. The molecule has 0 unspecified atom stereocenters. The molecule has 0 radical (unpaired) electrons. The Morgan fingerprint density at radius 1 is 0.585 bits per heavy atom. The van der Waals surface area contributed by atoms with Crippen molar-refractivity contribution in [1.82, 2.24) is 41.3 Å². The summed E-state index contributed by atoms with van der Waals surface area (Å²) in [6.45, 7) is 10.0. The molecule has 8 atom stereocenters. The summed E-state index contributed by atoms with van der Waals surface area (Å²) in [6, 6.07) is 6.62. The number of primary amides is 2. The smallest absolute Gasteiger partial charge is 0.303 e. The van der Waals surface area contributed by atoms with Gasteiger partial charge in [-0.25, -0.2) is 0 Å². The Morgan fingerprint density at radius 3 is 1.70 bits per heavy atom. The number of piperazine rings is 1. The van der Waals surface area contributed by atoms with E-state index in [-0.39, 0.29) is 94.6 Å². The van der Waals surface area contributed by atoms with Crippen LogP contribution >= 0.6 is 0 Å². The van der Waals surface area contributed by atoms with Crippen LogP contribution in [0.2, 0.25) is 0 Å². The molecule has 94 heavy (non-hydrogen) atoms. The minimum atomic E-state index is -1.53. The molecule has 0 spiro atoms. The molecule has 522 valence electrons. The van der Waals surface area contributed by atoms with Crippen LogP contribution in [0, 0.1) is 17.8 Å². The van der Waals surface area contributed by atoms with Crippen LogP contribution in [0.25, 0.3) is 0 Å². The molecular formula is C63H100N16O15. The highest BCUT2D eigenvalue weighted by molar-refractivity contribution is 5.98. The lowest BCUT2D eigenvalue weighted by Gasteiger charge is -2.34. The highest BCUT2D eigenvalue weighted by Crippen LogP contribution is 2.22. The lowest BCUT2D eigenvalue weighted by molar-refractivity contribution is -0.143. The zero-order valence-electron chi connectivity index (χ0n) is 54.8. The Bertz CT molecular complexity index is 2850. The van der Waals surface area contributed by atoms with Gasteiger partial charge in [-0.05, 0) is 93.9 Å². The third kappa shape index (κ3) is 31.2. The standard InChI is InChI=1S/C63H100N16O15/c1-39(2)32-48(75-58(89)43(18-21-55(85)86)35-51(81)49(34-42-16-19-45(80)20-17-42)72-54(84)38-79-27-25-78(26-28-79)24-11-29-94-31-30-93-5)52(82)36-44(33-41-12-7-6-8-13-41)59(90)74-47(15-10-23-71-63(68)69)61(92)77(4)40(3)57(88)73-46(14-9-22-70-62(66)67)60(91)76-50(56(65)87)37-53(64)83/h6-8,12-13,16-17,19-20,39-40,43-44,46-50,80H,9-11,14-15,18,21-38H2,1-5H3,(H2,64,83)(H2,65,87)(H,72,84)(H,73,88)(H,74,90)(H,75,89)(H,76,91)(H,85,86)(H4,66,67,70)(H4,68,69,71)/t40-,43+,44+,46-,47-,48-,49-,50-/m0/s1. The average molecular weight is 1320 g/mol. The van der Waals surface area contributed by atoms with Gasteiger partial charge < -0.3 is 90.5 Å². The Labute approximate surface area is 549 Å². The number of hydrogen-bond acceptors (Lipinski definition) is 18. The van der Waals surface area contributed by atoms with Crippen molar-refractivity contribution in [2.24, 2.45) is 62.1 Å². The molecule has 31 heteroatoms. The van der Waals surface area contributed by atoms with E-state index in [0.717, 1.165) is 17.9 Å². The van der Waals surface area contributed by atoms with Gasteiger partial charge in [0.1, 0.15) is 29.9 Å². The molecule has 1 aliphatic rings. The molecule has 1 saturated heterocycles. The molecule has 8 amide bonds. The summed E-state index contributed by atoms with van der Waals surface area (Å²) in [5.41, 5.74) is 34.0. The Morgan fingerprint density at radius 2 is 1.13 bits per heavy atom. The number of ether oxygens (including phenoxy) is 2. The van der Waals surface area contributed by atoms with Crippen molar-refractivity contribution in [1.29, 1.82) is 0 Å². The number of carbonyl (C=O) groups excluding carboxylic acids is 10. The van der Waals surface area contributed by atoms with Crippen molar-refractivity contribution in [3.05, 3.63) is 65.7 Å². The van der Waals surface area contributed by atoms with Gasteiger partial charge in [0, 0.05) is 97.7 Å². The number of carbonyl (C=O) groups is 11. The van der Waals surface area contributed by atoms with E-state index in [0.29, 0.717) is 57.1 Å². The second-order valence-electron chi connectivity index (χ2n) is 23.9. The first-order chi connectivity index (χ1) is 44.6. The van der Waals surface area contributed by atoms with Crippen molar-refractivity contribution in [2.75, 3.05) is 86.3 Å². The van der Waals surface area contributed by atoms with Gasteiger partial charge in [-0.2, -0.15) is 0 Å². The molecule has 0 aromatic heterocycles. The van der Waals surface area contributed by atoms with Gasteiger partial charge in [-0.1, -0.05) is 56.3 Å². The van der Waals surface area contributed by atoms with Crippen LogP contribution < -0.4 is 61.0 Å². The number of guanidine groups is 2.